The fraction of sp³-hybridized carbons (Fsp3) is 0.200. The van der Waals surface area contributed by atoms with Crippen LogP contribution in [-0.2, 0) is 0 Å². The molecule has 3 aromatic rings. The predicted octanol–water partition coefficient (Wildman–Crippen LogP) is 2.99. The summed E-state index contributed by atoms with van der Waals surface area (Å²) in [6, 6.07) is 14.0. The number of para-hydroxylation sites is 1. The zero-order valence-electron chi connectivity index (χ0n) is 15.3. The van der Waals surface area contributed by atoms with Crippen molar-refractivity contribution in [3.63, 3.8) is 0 Å². The Bertz CT molecular complexity index is 1070. The molecule has 7 heteroatoms. The first-order valence-electron chi connectivity index (χ1n) is 8.40. The third-order valence-corrected chi connectivity index (χ3v) is 3.75. The molecular weight excluding hydrogens is 342 g/mol. The van der Waals surface area contributed by atoms with Gasteiger partial charge in [0.15, 0.2) is 5.69 Å². The summed E-state index contributed by atoms with van der Waals surface area (Å²) in [5.74, 6) is -0.740. The highest BCUT2D eigenvalue weighted by atomic mass is 16.2. The summed E-state index contributed by atoms with van der Waals surface area (Å²) in [5, 5.41) is 14.7. The maximum atomic E-state index is 12.8. The van der Waals surface area contributed by atoms with E-state index in [-0.39, 0.29) is 17.4 Å². The van der Waals surface area contributed by atoms with Gasteiger partial charge in [-0.15, -0.1) is 0 Å². The van der Waals surface area contributed by atoms with Crippen LogP contribution in [0.5, 0.6) is 0 Å². The number of anilines is 1. The van der Waals surface area contributed by atoms with Gasteiger partial charge in [0.2, 0.25) is 5.82 Å². The van der Waals surface area contributed by atoms with Gasteiger partial charge in [0.05, 0.1) is 16.8 Å². The minimum atomic E-state index is -0.490. The van der Waals surface area contributed by atoms with E-state index in [4.69, 9.17) is 0 Å². The normalized spacial score (nSPS) is 11.0. The Morgan fingerprint density at radius 1 is 1.07 bits per heavy atom. The molecule has 0 bridgehead atoms. The third-order valence-electron chi connectivity index (χ3n) is 3.75. The average molecular weight is 361 g/mol. The summed E-state index contributed by atoms with van der Waals surface area (Å²) < 4.78 is 1.58. The van der Waals surface area contributed by atoms with E-state index >= 15 is 0 Å². The number of nitrogens with one attached hydrogen (secondary N) is 2. The minimum Gasteiger partial charge on any atom is -0.345 e. The summed E-state index contributed by atoms with van der Waals surface area (Å²) in [7, 11) is 0. The lowest BCUT2D eigenvalue weighted by molar-refractivity contribution is 0.0908. The fourth-order valence-electron chi connectivity index (χ4n) is 2.63. The standard InChI is InChI=1S/C20H19N5O2/c1-20(2,3)24-19(27)17-23-16(15-10-6-7-11-25(15)17)18(26)22-14-9-5-4-8-13(14)12-21/h4-11H,1-3H3,(H,22,26)(H,24,27). The van der Waals surface area contributed by atoms with Gasteiger partial charge in [-0.25, -0.2) is 4.98 Å². The Kier molecular flexibility index (Phi) is 4.65. The summed E-state index contributed by atoms with van der Waals surface area (Å²) in [4.78, 5) is 29.7. The van der Waals surface area contributed by atoms with Crippen LogP contribution in [0.2, 0.25) is 0 Å². The number of carbonyl (C=O) groups excluding carboxylic acids is 2. The number of nitrogens with zero attached hydrogens (tertiary/aromatic N) is 3. The molecule has 0 unspecified atom stereocenters. The van der Waals surface area contributed by atoms with E-state index in [1.54, 1.807) is 53.1 Å². The van der Waals surface area contributed by atoms with Gasteiger partial charge < -0.3 is 10.6 Å². The van der Waals surface area contributed by atoms with Crippen molar-refractivity contribution >= 4 is 23.0 Å². The molecule has 0 spiro atoms. The number of pyridine rings is 1. The topological polar surface area (TPSA) is 99.3 Å². The molecule has 2 amide bonds. The molecule has 2 aromatic heterocycles. The van der Waals surface area contributed by atoms with Gasteiger partial charge in [-0.3, -0.25) is 14.0 Å². The summed E-state index contributed by atoms with van der Waals surface area (Å²) >= 11 is 0. The zero-order chi connectivity index (χ0) is 19.6. The van der Waals surface area contributed by atoms with E-state index in [9.17, 15) is 14.9 Å². The van der Waals surface area contributed by atoms with E-state index < -0.39 is 11.4 Å². The van der Waals surface area contributed by atoms with Gasteiger partial charge in [0, 0.05) is 11.7 Å². The van der Waals surface area contributed by atoms with E-state index in [1.807, 2.05) is 26.8 Å². The van der Waals surface area contributed by atoms with Gasteiger partial charge in [0.25, 0.3) is 11.8 Å². The summed E-state index contributed by atoms with van der Waals surface area (Å²) in [5.41, 5.74) is 0.917. The maximum Gasteiger partial charge on any atom is 0.288 e. The van der Waals surface area contributed by atoms with Crippen molar-refractivity contribution in [3.05, 3.63) is 65.7 Å². The first-order chi connectivity index (χ1) is 12.8. The molecule has 0 atom stereocenters. The second-order valence-electron chi connectivity index (χ2n) is 7.06. The number of nitriles is 1. The second-order valence-corrected chi connectivity index (χ2v) is 7.06. The van der Waals surface area contributed by atoms with Crippen LogP contribution in [0, 0.1) is 11.3 Å². The van der Waals surface area contributed by atoms with Crippen molar-refractivity contribution in [1.29, 1.82) is 5.26 Å². The largest absolute Gasteiger partial charge is 0.345 e. The van der Waals surface area contributed by atoms with Crippen molar-refractivity contribution in [2.75, 3.05) is 5.32 Å². The van der Waals surface area contributed by atoms with Crippen LogP contribution in [0.3, 0.4) is 0 Å². The Hall–Kier alpha value is -3.66. The number of amides is 2. The number of rotatable bonds is 3. The van der Waals surface area contributed by atoms with Gasteiger partial charge >= 0.3 is 0 Å². The van der Waals surface area contributed by atoms with Crippen LogP contribution in [0.4, 0.5) is 5.69 Å². The van der Waals surface area contributed by atoms with Crippen molar-refractivity contribution in [3.8, 4) is 6.07 Å². The highest BCUT2D eigenvalue weighted by Gasteiger charge is 2.24. The molecule has 2 N–H and O–H groups in total. The fourth-order valence-corrected chi connectivity index (χ4v) is 2.63. The molecule has 0 radical (unpaired) electrons. The van der Waals surface area contributed by atoms with E-state index in [0.29, 0.717) is 16.8 Å². The quantitative estimate of drug-likeness (QED) is 0.749. The molecule has 0 aliphatic heterocycles. The van der Waals surface area contributed by atoms with Crippen LogP contribution in [0.1, 0.15) is 47.4 Å². The monoisotopic (exact) mass is 361 g/mol. The molecule has 3 rings (SSSR count). The van der Waals surface area contributed by atoms with Crippen LogP contribution in [-0.4, -0.2) is 26.7 Å². The molecule has 0 aliphatic rings. The van der Waals surface area contributed by atoms with Crippen LogP contribution >= 0.6 is 0 Å². The Labute approximate surface area is 156 Å². The van der Waals surface area contributed by atoms with Gasteiger partial charge in [-0.2, -0.15) is 5.26 Å². The Morgan fingerprint density at radius 3 is 2.48 bits per heavy atom. The zero-order valence-corrected chi connectivity index (χ0v) is 15.3. The number of aromatic nitrogens is 2. The smallest absolute Gasteiger partial charge is 0.288 e. The van der Waals surface area contributed by atoms with Crippen LogP contribution < -0.4 is 10.6 Å². The molecule has 2 heterocycles. The maximum absolute atomic E-state index is 12.8. The van der Waals surface area contributed by atoms with Gasteiger partial charge in [-0.05, 0) is 45.0 Å². The lowest BCUT2D eigenvalue weighted by Gasteiger charge is -2.19. The van der Waals surface area contributed by atoms with Crippen LogP contribution in [0.15, 0.2) is 48.7 Å². The molecule has 7 nitrogen and oxygen atoms in total. The Morgan fingerprint density at radius 2 is 1.78 bits per heavy atom. The number of benzene rings is 1. The molecule has 1 aromatic carbocycles. The van der Waals surface area contributed by atoms with Crippen molar-refractivity contribution in [2.45, 2.75) is 26.3 Å². The van der Waals surface area contributed by atoms with Crippen molar-refractivity contribution < 1.29 is 9.59 Å². The number of carbonyl (C=O) groups is 2. The lowest BCUT2D eigenvalue weighted by atomic mass is 10.1. The van der Waals surface area contributed by atoms with E-state index in [2.05, 4.69) is 15.6 Å². The predicted molar refractivity (Wildman–Crippen MR) is 102 cm³/mol. The SMILES string of the molecule is CC(C)(C)NC(=O)c1nc(C(=O)Nc2ccccc2C#N)c2ccccn12. The molecule has 0 aliphatic carbocycles. The second kappa shape index (κ2) is 6.92. The lowest BCUT2D eigenvalue weighted by Crippen LogP contribution is -2.41. The third kappa shape index (κ3) is 3.80. The van der Waals surface area contributed by atoms with Crippen molar-refractivity contribution in [1.82, 2.24) is 14.7 Å². The first kappa shape index (κ1) is 18.1. The highest BCUT2D eigenvalue weighted by molar-refractivity contribution is 6.09. The number of hydrogen-bond donors (Lipinski definition) is 2. The van der Waals surface area contributed by atoms with Gasteiger partial charge in [0.1, 0.15) is 6.07 Å². The molecule has 27 heavy (non-hydrogen) atoms. The summed E-state index contributed by atoms with van der Waals surface area (Å²) in [6.07, 6.45) is 1.68. The Balaban J connectivity index is 2.01. The molecule has 136 valence electrons. The molecule has 0 saturated carbocycles. The minimum absolute atomic E-state index is 0.113. The molecule has 0 fully saturated rings. The number of hydrogen-bond acceptors (Lipinski definition) is 4. The van der Waals surface area contributed by atoms with E-state index in [1.165, 1.54) is 0 Å². The highest BCUT2D eigenvalue weighted by Crippen LogP contribution is 2.18. The number of fused-ring (bicyclic) bond motifs is 1. The molecular formula is C20H19N5O2. The van der Waals surface area contributed by atoms with E-state index in [0.717, 1.165) is 0 Å². The first-order valence-corrected chi connectivity index (χ1v) is 8.40. The van der Waals surface area contributed by atoms with Crippen LogP contribution in [0.25, 0.3) is 5.52 Å². The average Bonchev–Trinajstić information content (AvgIpc) is 3.01. The van der Waals surface area contributed by atoms with Gasteiger partial charge in [-0.1, -0.05) is 18.2 Å². The molecule has 0 saturated heterocycles. The number of imidazole rings is 1. The van der Waals surface area contributed by atoms with Crippen molar-refractivity contribution in [2.24, 2.45) is 0 Å². The summed E-state index contributed by atoms with van der Waals surface area (Å²) in [6.45, 7) is 5.60.